The largest absolute Gasteiger partial charge is 0.392 e. The van der Waals surface area contributed by atoms with Crippen molar-refractivity contribution in [1.82, 2.24) is 4.90 Å². The molecule has 1 saturated heterocycles. The Labute approximate surface area is 131 Å². The third-order valence-electron chi connectivity index (χ3n) is 4.95. The highest BCUT2D eigenvalue weighted by atomic mass is 32.1. The summed E-state index contributed by atoms with van der Waals surface area (Å²) in [5, 5.41) is 0. The number of nitrogens with zero attached hydrogens (tertiary/aromatic N) is 1. The van der Waals surface area contributed by atoms with Crippen molar-refractivity contribution in [3.05, 3.63) is 0 Å². The summed E-state index contributed by atoms with van der Waals surface area (Å²) in [5.74, 6) is -0.544. The maximum Gasteiger partial charge on any atom is 0.235 e. The van der Waals surface area contributed by atoms with E-state index in [1.807, 2.05) is 0 Å². The lowest BCUT2D eigenvalue weighted by Gasteiger charge is -2.39. The number of hydrogen-bond acceptors (Lipinski definition) is 3. The molecule has 2 fully saturated rings. The average Bonchev–Trinajstić information content (AvgIpc) is 2.73. The van der Waals surface area contributed by atoms with Crippen molar-refractivity contribution in [2.24, 2.45) is 22.8 Å². The highest BCUT2D eigenvalue weighted by molar-refractivity contribution is 7.80. The zero-order valence-electron chi connectivity index (χ0n) is 12.5. The SMILES string of the molecule is NC(=O)C1CCCN(C(=O)C2(C(N)=S)CCCCCC2)C1. The Hall–Kier alpha value is -1.17. The van der Waals surface area contributed by atoms with Gasteiger partial charge in [-0.25, -0.2) is 0 Å². The molecule has 0 bridgehead atoms. The van der Waals surface area contributed by atoms with Crippen molar-refractivity contribution >= 4 is 29.0 Å². The predicted molar refractivity (Wildman–Crippen MR) is 85.4 cm³/mol. The van der Waals surface area contributed by atoms with Crippen LogP contribution in [0, 0.1) is 11.3 Å². The van der Waals surface area contributed by atoms with E-state index < -0.39 is 5.41 Å². The van der Waals surface area contributed by atoms with Crippen LogP contribution in [-0.2, 0) is 9.59 Å². The predicted octanol–water partition coefficient (Wildman–Crippen LogP) is 1.34. The fourth-order valence-electron chi connectivity index (χ4n) is 3.59. The van der Waals surface area contributed by atoms with Gasteiger partial charge in [0.25, 0.3) is 0 Å². The smallest absolute Gasteiger partial charge is 0.235 e. The van der Waals surface area contributed by atoms with Crippen LogP contribution >= 0.6 is 12.2 Å². The molecule has 2 rings (SSSR count). The van der Waals surface area contributed by atoms with E-state index in [0.717, 1.165) is 51.4 Å². The number of nitrogens with two attached hydrogens (primary N) is 2. The lowest BCUT2D eigenvalue weighted by molar-refractivity contribution is -0.142. The fourth-order valence-corrected chi connectivity index (χ4v) is 3.89. The number of piperidine rings is 1. The van der Waals surface area contributed by atoms with Gasteiger partial charge in [-0.05, 0) is 25.7 Å². The number of hydrogen-bond donors (Lipinski definition) is 2. The van der Waals surface area contributed by atoms with Crippen molar-refractivity contribution in [2.75, 3.05) is 13.1 Å². The summed E-state index contributed by atoms with van der Waals surface area (Å²) < 4.78 is 0. The second-order valence-electron chi connectivity index (χ2n) is 6.35. The molecule has 0 aromatic rings. The first-order valence-electron chi connectivity index (χ1n) is 7.86. The molecule has 1 heterocycles. The van der Waals surface area contributed by atoms with Crippen LogP contribution in [0.2, 0.25) is 0 Å². The molecule has 0 radical (unpaired) electrons. The van der Waals surface area contributed by atoms with Crippen LogP contribution in [0.25, 0.3) is 0 Å². The molecule has 0 aromatic heterocycles. The summed E-state index contributed by atoms with van der Waals surface area (Å²) >= 11 is 5.25. The van der Waals surface area contributed by atoms with E-state index >= 15 is 0 Å². The van der Waals surface area contributed by atoms with Gasteiger partial charge in [-0.3, -0.25) is 9.59 Å². The Morgan fingerprint density at radius 2 is 1.67 bits per heavy atom. The van der Waals surface area contributed by atoms with Gasteiger partial charge in [0.2, 0.25) is 11.8 Å². The molecule has 21 heavy (non-hydrogen) atoms. The van der Waals surface area contributed by atoms with E-state index in [-0.39, 0.29) is 17.7 Å². The summed E-state index contributed by atoms with van der Waals surface area (Å²) in [7, 11) is 0. The number of rotatable bonds is 3. The third-order valence-corrected chi connectivity index (χ3v) is 5.34. The van der Waals surface area contributed by atoms with Crippen molar-refractivity contribution in [2.45, 2.75) is 51.4 Å². The molecule has 1 aliphatic heterocycles. The summed E-state index contributed by atoms with van der Waals surface area (Å²) in [5.41, 5.74) is 10.7. The van der Waals surface area contributed by atoms with Gasteiger partial charge >= 0.3 is 0 Å². The molecule has 1 unspecified atom stereocenters. The van der Waals surface area contributed by atoms with Crippen LogP contribution in [-0.4, -0.2) is 34.8 Å². The van der Waals surface area contributed by atoms with Gasteiger partial charge in [-0.1, -0.05) is 37.9 Å². The first-order valence-corrected chi connectivity index (χ1v) is 8.27. The molecule has 5 nitrogen and oxygen atoms in total. The van der Waals surface area contributed by atoms with Gasteiger partial charge in [0.15, 0.2) is 0 Å². The molecule has 118 valence electrons. The van der Waals surface area contributed by atoms with Crippen LogP contribution in [0.1, 0.15) is 51.4 Å². The highest BCUT2D eigenvalue weighted by Crippen LogP contribution is 2.38. The zero-order chi connectivity index (χ0) is 15.5. The van der Waals surface area contributed by atoms with Gasteiger partial charge in [-0.2, -0.15) is 0 Å². The van der Waals surface area contributed by atoms with E-state index in [2.05, 4.69) is 0 Å². The Morgan fingerprint density at radius 3 is 2.19 bits per heavy atom. The van der Waals surface area contributed by atoms with Gasteiger partial charge in [0, 0.05) is 13.1 Å². The van der Waals surface area contributed by atoms with Gasteiger partial charge in [-0.15, -0.1) is 0 Å². The number of thiocarbonyl (C=S) groups is 1. The lowest BCUT2D eigenvalue weighted by atomic mass is 9.78. The fraction of sp³-hybridized carbons (Fsp3) is 0.800. The number of primary amides is 1. The van der Waals surface area contributed by atoms with Crippen LogP contribution in [0.15, 0.2) is 0 Å². The monoisotopic (exact) mass is 311 g/mol. The minimum atomic E-state index is -0.703. The first kappa shape index (κ1) is 16.2. The van der Waals surface area contributed by atoms with Crippen molar-refractivity contribution < 1.29 is 9.59 Å². The minimum Gasteiger partial charge on any atom is -0.392 e. The van der Waals surface area contributed by atoms with Gasteiger partial charge < -0.3 is 16.4 Å². The summed E-state index contributed by atoms with van der Waals surface area (Å²) in [6, 6.07) is 0. The minimum absolute atomic E-state index is 0.0165. The normalized spacial score (nSPS) is 25.9. The molecule has 6 heteroatoms. The summed E-state index contributed by atoms with van der Waals surface area (Å²) in [4.78, 5) is 26.5. The van der Waals surface area contributed by atoms with E-state index in [1.54, 1.807) is 4.90 Å². The first-order chi connectivity index (χ1) is 9.97. The second kappa shape index (κ2) is 6.73. The van der Waals surface area contributed by atoms with Crippen LogP contribution < -0.4 is 11.5 Å². The van der Waals surface area contributed by atoms with Gasteiger partial charge in [0.1, 0.15) is 0 Å². The Bertz CT molecular complexity index is 431. The molecule has 2 aliphatic rings. The van der Waals surface area contributed by atoms with Crippen LogP contribution in [0.4, 0.5) is 0 Å². The van der Waals surface area contributed by atoms with E-state index in [0.29, 0.717) is 18.1 Å². The molecule has 4 N–H and O–H groups in total. The van der Waals surface area contributed by atoms with Crippen molar-refractivity contribution in [1.29, 1.82) is 0 Å². The molecular weight excluding hydrogens is 286 g/mol. The summed E-state index contributed by atoms with van der Waals surface area (Å²) in [6.07, 6.45) is 7.26. The molecule has 1 saturated carbocycles. The molecule has 0 spiro atoms. The number of amides is 2. The van der Waals surface area contributed by atoms with Crippen LogP contribution in [0.5, 0.6) is 0 Å². The molecule has 2 amide bonds. The average molecular weight is 311 g/mol. The standard InChI is InChI=1S/C15H25N3O2S/c16-12(19)11-6-5-9-18(10-11)14(20)15(13(17)21)7-3-1-2-4-8-15/h11H,1-10H2,(H2,16,19)(H2,17,21). The van der Waals surface area contributed by atoms with E-state index in [9.17, 15) is 9.59 Å². The topological polar surface area (TPSA) is 89.4 Å². The molecule has 0 aromatic carbocycles. The Balaban J connectivity index is 2.18. The maximum atomic E-state index is 13.0. The highest BCUT2D eigenvalue weighted by Gasteiger charge is 2.45. The van der Waals surface area contributed by atoms with E-state index in [1.165, 1.54) is 0 Å². The number of carbonyl (C=O) groups excluding carboxylic acids is 2. The Kier molecular flexibility index (Phi) is 5.19. The maximum absolute atomic E-state index is 13.0. The molecule has 1 aliphatic carbocycles. The third kappa shape index (κ3) is 3.36. The van der Waals surface area contributed by atoms with Crippen molar-refractivity contribution in [3.8, 4) is 0 Å². The zero-order valence-corrected chi connectivity index (χ0v) is 13.3. The van der Waals surface area contributed by atoms with Crippen LogP contribution in [0.3, 0.4) is 0 Å². The second-order valence-corrected chi connectivity index (χ2v) is 6.79. The Morgan fingerprint density at radius 1 is 1.05 bits per heavy atom. The molecular formula is C15H25N3O2S. The molecule has 1 atom stereocenters. The summed E-state index contributed by atoms with van der Waals surface area (Å²) in [6.45, 7) is 1.09. The van der Waals surface area contributed by atoms with Gasteiger partial charge in [0.05, 0.1) is 16.3 Å². The quantitative estimate of drug-likeness (QED) is 0.608. The number of likely N-dealkylation sites (tertiary alicyclic amines) is 1. The lowest BCUT2D eigenvalue weighted by Crippen LogP contribution is -2.54. The van der Waals surface area contributed by atoms with E-state index in [4.69, 9.17) is 23.7 Å². The van der Waals surface area contributed by atoms with Crippen molar-refractivity contribution in [3.63, 3.8) is 0 Å². The number of carbonyl (C=O) groups is 2.